The van der Waals surface area contributed by atoms with Gasteiger partial charge in [-0.2, -0.15) is 0 Å². The van der Waals surface area contributed by atoms with Crippen molar-refractivity contribution < 1.29 is 8.42 Å². The minimum absolute atomic E-state index is 0.182. The Labute approximate surface area is 142 Å². The van der Waals surface area contributed by atoms with Crippen LogP contribution in [0.3, 0.4) is 0 Å². The van der Waals surface area contributed by atoms with Crippen LogP contribution in [0.4, 0.5) is 0 Å². The zero-order valence-corrected chi connectivity index (χ0v) is 15.3. The number of hydrogen-bond acceptors (Lipinski definition) is 4. The summed E-state index contributed by atoms with van der Waals surface area (Å²) >= 11 is 1.17. The molecule has 1 saturated carbocycles. The van der Waals surface area contributed by atoms with E-state index in [0.717, 1.165) is 23.3 Å². The maximum atomic E-state index is 11.3. The van der Waals surface area contributed by atoms with E-state index >= 15 is 0 Å². The summed E-state index contributed by atoms with van der Waals surface area (Å²) in [4.78, 5) is 5.44. The molecule has 1 fully saturated rings. The molecule has 0 amide bonds. The fourth-order valence-electron chi connectivity index (χ4n) is 2.67. The molecule has 2 rings (SSSR count). The molecule has 0 spiro atoms. The van der Waals surface area contributed by atoms with Gasteiger partial charge in [0.1, 0.15) is 4.21 Å². The van der Waals surface area contributed by atoms with Gasteiger partial charge in [-0.1, -0.05) is 6.92 Å². The van der Waals surface area contributed by atoms with Crippen LogP contribution < -0.4 is 15.8 Å². The third kappa shape index (κ3) is 5.78. The van der Waals surface area contributed by atoms with E-state index in [1.54, 1.807) is 6.07 Å². The predicted octanol–water partition coefficient (Wildman–Crippen LogP) is 2.03. The van der Waals surface area contributed by atoms with Crippen LogP contribution in [0.25, 0.3) is 0 Å². The molecule has 6 nitrogen and oxygen atoms in total. The number of nitrogens with zero attached hydrogens (tertiary/aromatic N) is 1. The molecule has 0 unspecified atom stereocenters. The van der Waals surface area contributed by atoms with Gasteiger partial charge in [0.15, 0.2) is 5.96 Å². The lowest BCUT2D eigenvalue weighted by atomic mass is 9.87. The van der Waals surface area contributed by atoms with E-state index in [1.165, 1.54) is 43.1 Å². The first-order chi connectivity index (χ1) is 10.9. The lowest BCUT2D eigenvalue weighted by Gasteiger charge is -2.28. The van der Waals surface area contributed by atoms with E-state index < -0.39 is 10.0 Å². The summed E-state index contributed by atoms with van der Waals surface area (Å²) in [5.41, 5.74) is 0. The minimum Gasteiger partial charge on any atom is -0.357 e. The standard InChI is InChI=1S/C15H26N4O2S2/c1-3-17-15(19-12-6-4-11(2)5-7-12)18-10-13-8-9-14(22-13)23(16,20)21/h8-9,11-12H,3-7,10H2,1-2H3,(H2,16,20,21)(H2,17,18,19). The summed E-state index contributed by atoms with van der Waals surface area (Å²) in [7, 11) is -3.62. The van der Waals surface area contributed by atoms with Crippen LogP contribution in [-0.2, 0) is 16.6 Å². The van der Waals surface area contributed by atoms with E-state index in [4.69, 9.17) is 5.14 Å². The molecule has 1 aromatic heterocycles. The lowest BCUT2D eigenvalue weighted by molar-refractivity contribution is 0.329. The molecule has 0 radical (unpaired) electrons. The van der Waals surface area contributed by atoms with Crippen LogP contribution in [0.1, 0.15) is 44.4 Å². The number of nitrogens with one attached hydrogen (secondary N) is 2. The largest absolute Gasteiger partial charge is 0.357 e. The van der Waals surface area contributed by atoms with Gasteiger partial charge in [-0.25, -0.2) is 18.5 Å². The summed E-state index contributed by atoms with van der Waals surface area (Å²) in [6.07, 6.45) is 4.83. The second-order valence-electron chi connectivity index (χ2n) is 6.06. The molecule has 0 saturated heterocycles. The average molecular weight is 359 g/mol. The number of rotatable bonds is 5. The molecule has 130 valence electrons. The quantitative estimate of drug-likeness (QED) is 0.554. The summed E-state index contributed by atoms with van der Waals surface area (Å²) < 4.78 is 22.8. The van der Waals surface area contributed by atoms with Gasteiger partial charge in [0, 0.05) is 17.5 Å². The van der Waals surface area contributed by atoms with Crippen molar-refractivity contribution in [2.75, 3.05) is 6.54 Å². The topological polar surface area (TPSA) is 96.6 Å². The van der Waals surface area contributed by atoms with Crippen molar-refractivity contribution in [1.29, 1.82) is 0 Å². The fourth-order valence-corrected chi connectivity index (χ4v) is 4.37. The highest BCUT2D eigenvalue weighted by atomic mass is 32.2. The number of sulfonamides is 1. The molecule has 1 aliphatic rings. The van der Waals surface area contributed by atoms with Gasteiger partial charge in [0.05, 0.1) is 6.54 Å². The van der Waals surface area contributed by atoms with Crippen LogP contribution in [0.2, 0.25) is 0 Å². The second kappa shape index (κ2) is 8.12. The Morgan fingerprint density at radius 1 is 1.35 bits per heavy atom. The third-order valence-electron chi connectivity index (χ3n) is 4.01. The molecule has 1 aliphatic carbocycles. The van der Waals surface area contributed by atoms with Crippen molar-refractivity contribution in [2.24, 2.45) is 16.0 Å². The number of guanidine groups is 1. The summed E-state index contributed by atoms with van der Waals surface area (Å²) in [5.74, 6) is 1.60. The maximum Gasteiger partial charge on any atom is 0.247 e. The Balaban J connectivity index is 1.97. The zero-order valence-electron chi connectivity index (χ0n) is 13.7. The molecule has 0 atom stereocenters. The first-order valence-corrected chi connectivity index (χ1v) is 10.4. The van der Waals surface area contributed by atoms with Crippen LogP contribution in [0, 0.1) is 5.92 Å². The second-order valence-corrected chi connectivity index (χ2v) is 9.02. The van der Waals surface area contributed by atoms with Gasteiger partial charge in [-0.05, 0) is 50.7 Å². The van der Waals surface area contributed by atoms with Crippen molar-refractivity contribution in [3.63, 3.8) is 0 Å². The SMILES string of the molecule is CCNC(=NCc1ccc(S(N)(=O)=O)s1)NC1CCC(C)CC1. The van der Waals surface area contributed by atoms with Gasteiger partial charge in [-0.3, -0.25) is 0 Å². The molecular formula is C15H26N4O2S2. The minimum atomic E-state index is -3.62. The molecule has 0 aromatic carbocycles. The number of thiophene rings is 1. The van der Waals surface area contributed by atoms with Crippen molar-refractivity contribution in [2.45, 2.75) is 56.3 Å². The van der Waals surface area contributed by atoms with Gasteiger partial charge in [0.25, 0.3) is 0 Å². The van der Waals surface area contributed by atoms with E-state index in [1.807, 2.05) is 6.92 Å². The molecule has 8 heteroatoms. The number of hydrogen-bond donors (Lipinski definition) is 3. The first-order valence-electron chi connectivity index (χ1n) is 8.05. The smallest absolute Gasteiger partial charge is 0.247 e. The van der Waals surface area contributed by atoms with E-state index in [2.05, 4.69) is 22.5 Å². The van der Waals surface area contributed by atoms with Crippen molar-refractivity contribution in [3.8, 4) is 0 Å². The fraction of sp³-hybridized carbons (Fsp3) is 0.667. The molecule has 0 bridgehead atoms. The molecule has 0 aliphatic heterocycles. The summed E-state index contributed by atoms with van der Waals surface area (Å²) in [6, 6.07) is 3.76. The number of primary sulfonamides is 1. The van der Waals surface area contributed by atoms with Crippen LogP contribution in [-0.4, -0.2) is 27.0 Å². The first kappa shape index (κ1) is 18.2. The average Bonchev–Trinajstić information content (AvgIpc) is 2.96. The van der Waals surface area contributed by atoms with Crippen LogP contribution in [0.5, 0.6) is 0 Å². The number of nitrogens with two attached hydrogens (primary N) is 1. The lowest BCUT2D eigenvalue weighted by Crippen LogP contribution is -2.44. The molecule has 23 heavy (non-hydrogen) atoms. The Hall–Kier alpha value is -1.12. The van der Waals surface area contributed by atoms with Crippen molar-refractivity contribution in [1.82, 2.24) is 10.6 Å². The number of aliphatic imine (C=N–C) groups is 1. The van der Waals surface area contributed by atoms with Crippen molar-refractivity contribution >= 4 is 27.3 Å². The summed E-state index contributed by atoms with van der Waals surface area (Å²) in [6.45, 7) is 5.57. The van der Waals surface area contributed by atoms with Crippen molar-refractivity contribution in [3.05, 3.63) is 17.0 Å². The Morgan fingerprint density at radius 3 is 2.61 bits per heavy atom. The normalized spacial score (nSPS) is 22.8. The van der Waals surface area contributed by atoms with Gasteiger partial charge in [-0.15, -0.1) is 11.3 Å². The van der Waals surface area contributed by atoms with Crippen LogP contribution >= 0.6 is 11.3 Å². The Morgan fingerprint density at radius 2 is 2.04 bits per heavy atom. The third-order valence-corrected chi connectivity index (χ3v) is 6.52. The highest BCUT2D eigenvalue weighted by Gasteiger charge is 2.19. The molecule has 1 aromatic rings. The predicted molar refractivity (Wildman–Crippen MR) is 95.1 cm³/mol. The monoisotopic (exact) mass is 358 g/mol. The Bertz CT molecular complexity index is 632. The summed E-state index contributed by atoms with van der Waals surface area (Å²) in [5, 5.41) is 11.9. The van der Waals surface area contributed by atoms with Crippen LogP contribution in [0.15, 0.2) is 21.3 Å². The van der Waals surface area contributed by atoms with Gasteiger partial charge < -0.3 is 10.6 Å². The molecule has 1 heterocycles. The molecular weight excluding hydrogens is 332 g/mol. The Kier molecular flexibility index (Phi) is 6.43. The van der Waals surface area contributed by atoms with Gasteiger partial charge in [0.2, 0.25) is 10.0 Å². The van der Waals surface area contributed by atoms with E-state index in [0.29, 0.717) is 12.6 Å². The molecule has 4 N–H and O–H groups in total. The van der Waals surface area contributed by atoms with E-state index in [-0.39, 0.29) is 4.21 Å². The van der Waals surface area contributed by atoms with E-state index in [9.17, 15) is 8.42 Å². The highest BCUT2D eigenvalue weighted by Crippen LogP contribution is 2.23. The van der Waals surface area contributed by atoms with Gasteiger partial charge >= 0.3 is 0 Å². The maximum absolute atomic E-state index is 11.3. The zero-order chi connectivity index (χ0) is 16.9. The highest BCUT2D eigenvalue weighted by molar-refractivity contribution is 7.91.